The minimum Gasteiger partial charge on any atom is -0.338 e. The van der Waals surface area contributed by atoms with Crippen LogP contribution >= 0.6 is 11.8 Å². The maximum atomic E-state index is 13.0. The lowest BCUT2D eigenvalue weighted by Crippen LogP contribution is -2.53. The number of rotatable bonds is 3. The molecule has 2 aromatic carbocycles. The molecule has 8 heteroatoms. The second-order valence-corrected chi connectivity index (χ2v) is 9.36. The summed E-state index contributed by atoms with van der Waals surface area (Å²) in [5.41, 5.74) is 0.155. The minimum absolute atomic E-state index is 0.0357. The van der Waals surface area contributed by atoms with Gasteiger partial charge in [0.2, 0.25) is 5.91 Å². The van der Waals surface area contributed by atoms with E-state index in [2.05, 4.69) is 0 Å². The molecule has 1 spiro atoms. The van der Waals surface area contributed by atoms with Crippen LogP contribution in [0.2, 0.25) is 0 Å². The summed E-state index contributed by atoms with van der Waals surface area (Å²) in [6, 6.07) is 14.1. The number of nitrogens with zero attached hydrogens (tertiary/aromatic N) is 2. The summed E-state index contributed by atoms with van der Waals surface area (Å²) in [6.07, 6.45) is 0.0753. The monoisotopic (exact) mass is 460 g/mol. The van der Waals surface area contributed by atoms with E-state index in [4.69, 9.17) is 0 Å². The lowest BCUT2D eigenvalue weighted by atomic mass is 10.0. The van der Waals surface area contributed by atoms with Gasteiger partial charge in [0.25, 0.3) is 5.91 Å². The van der Waals surface area contributed by atoms with Gasteiger partial charge in [-0.1, -0.05) is 36.4 Å². The molecule has 2 aliphatic rings. The molecule has 0 saturated carbocycles. The predicted octanol–water partition coefficient (Wildman–Crippen LogP) is 4.93. The van der Waals surface area contributed by atoms with Crippen LogP contribution in [0.3, 0.4) is 0 Å². The fourth-order valence-electron chi connectivity index (χ4n) is 4.23. The van der Waals surface area contributed by atoms with Gasteiger partial charge < -0.3 is 9.80 Å². The van der Waals surface area contributed by atoms with Gasteiger partial charge in [-0.15, -0.1) is 11.8 Å². The Morgan fingerprint density at radius 3 is 2.38 bits per heavy atom. The quantitative estimate of drug-likeness (QED) is 0.610. The van der Waals surface area contributed by atoms with Crippen molar-refractivity contribution in [1.29, 1.82) is 0 Å². The molecule has 2 saturated heterocycles. The van der Waals surface area contributed by atoms with Crippen LogP contribution < -0.4 is 0 Å². The number of alkyl halides is 3. The molecule has 2 amide bonds. The second kappa shape index (κ2) is 9.02. The lowest BCUT2D eigenvalue weighted by molar-refractivity contribution is -0.137. The molecule has 4 nitrogen and oxygen atoms in total. The average molecular weight is 461 g/mol. The van der Waals surface area contributed by atoms with E-state index in [0.717, 1.165) is 23.4 Å². The van der Waals surface area contributed by atoms with E-state index in [1.54, 1.807) is 28.8 Å². The zero-order valence-electron chi connectivity index (χ0n) is 17.3. The Hall–Kier alpha value is -2.74. The number of hydrogen-bond acceptors (Lipinski definition) is 3. The van der Waals surface area contributed by atoms with E-state index in [0.29, 0.717) is 32.5 Å². The smallest absolute Gasteiger partial charge is 0.338 e. The topological polar surface area (TPSA) is 40.6 Å². The summed E-state index contributed by atoms with van der Waals surface area (Å²) in [5, 5.41) is 0. The first-order valence-electron chi connectivity index (χ1n) is 10.4. The summed E-state index contributed by atoms with van der Waals surface area (Å²) in [7, 11) is 0. The molecular formula is C24H23F3N2O2S. The molecule has 2 aromatic rings. The van der Waals surface area contributed by atoms with Gasteiger partial charge in [0, 0.05) is 37.0 Å². The maximum absolute atomic E-state index is 13.0. The first kappa shape index (κ1) is 22.5. The van der Waals surface area contributed by atoms with Crippen LogP contribution in [0.1, 0.15) is 34.3 Å². The molecule has 0 bridgehead atoms. The molecule has 0 atom stereocenters. The number of amides is 2. The number of hydrogen-bond donors (Lipinski definition) is 0. The molecule has 2 aliphatic heterocycles. The average Bonchev–Trinajstić information content (AvgIpc) is 3.20. The Morgan fingerprint density at radius 2 is 1.69 bits per heavy atom. The summed E-state index contributed by atoms with van der Waals surface area (Å²) in [6.45, 7) is 1.44. The van der Waals surface area contributed by atoms with Gasteiger partial charge in [-0.05, 0) is 42.7 Å². The number of benzene rings is 2. The molecule has 0 radical (unpaired) electrons. The van der Waals surface area contributed by atoms with E-state index in [1.165, 1.54) is 12.1 Å². The van der Waals surface area contributed by atoms with Gasteiger partial charge in [-0.2, -0.15) is 13.2 Å². The van der Waals surface area contributed by atoms with Gasteiger partial charge in [0.1, 0.15) is 0 Å². The van der Waals surface area contributed by atoms with Crippen molar-refractivity contribution in [3.05, 3.63) is 77.4 Å². The van der Waals surface area contributed by atoms with Crippen LogP contribution in [0.5, 0.6) is 0 Å². The normalized spacial score (nSPS) is 18.5. The molecule has 0 aromatic heterocycles. The summed E-state index contributed by atoms with van der Waals surface area (Å²) in [5.74, 6) is 0.360. The number of thioether (sulfide) groups is 1. The van der Waals surface area contributed by atoms with Crippen LogP contribution in [0.25, 0.3) is 6.08 Å². The van der Waals surface area contributed by atoms with Gasteiger partial charge in [-0.25, -0.2) is 0 Å². The van der Waals surface area contributed by atoms with Crippen molar-refractivity contribution in [2.75, 3.05) is 25.4 Å². The Kier molecular flexibility index (Phi) is 6.33. The van der Waals surface area contributed by atoms with Crippen molar-refractivity contribution in [2.45, 2.75) is 23.9 Å². The minimum atomic E-state index is -4.49. The number of piperidine rings is 1. The Balaban J connectivity index is 1.42. The molecule has 0 aliphatic carbocycles. The third-order valence-corrected chi connectivity index (χ3v) is 7.48. The number of likely N-dealkylation sites (tertiary alicyclic amines) is 1. The van der Waals surface area contributed by atoms with Crippen molar-refractivity contribution in [2.24, 2.45) is 0 Å². The molecule has 0 N–H and O–H groups in total. The Labute approximate surface area is 189 Å². The van der Waals surface area contributed by atoms with Crippen LogP contribution in [0, 0.1) is 0 Å². The van der Waals surface area contributed by atoms with Gasteiger partial charge in [-0.3, -0.25) is 9.59 Å². The van der Waals surface area contributed by atoms with E-state index < -0.39 is 17.6 Å². The van der Waals surface area contributed by atoms with Crippen molar-refractivity contribution in [1.82, 2.24) is 9.80 Å². The molecule has 4 rings (SSSR count). The first-order chi connectivity index (χ1) is 15.3. The zero-order chi connectivity index (χ0) is 22.8. The molecule has 32 heavy (non-hydrogen) atoms. The van der Waals surface area contributed by atoms with Crippen molar-refractivity contribution in [3.8, 4) is 0 Å². The van der Waals surface area contributed by atoms with Gasteiger partial charge >= 0.3 is 6.18 Å². The number of carbonyl (C=O) groups excluding carboxylic acids is 2. The van der Waals surface area contributed by atoms with E-state index in [-0.39, 0.29) is 16.3 Å². The number of halogens is 3. The van der Waals surface area contributed by atoms with Crippen molar-refractivity contribution in [3.63, 3.8) is 0 Å². The summed E-state index contributed by atoms with van der Waals surface area (Å²) >= 11 is 1.72. The summed E-state index contributed by atoms with van der Waals surface area (Å²) < 4.78 is 39.0. The third kappa shape index (κ3) is 4.70. The van der Waals surface area contributed by atoms with Crippen LogP contribution in [-0.2, 0) is 11.0 Å². The molecule has 168 valence electrons. The van der Waals surface area contributed by atoms with Gasteiger partial charge in [0.15, 0.2) is 0 Å². The highest BCUT2D eigenvalue weighted by molar-refractivity contribution is 8.00. The zero-order valence-corrected chi connectivity index (χ0v) is 18.2. The molecule has 0 unspecified atom stereocenters. The first-order valence-corrected chi connectivity index (χ1v) is 11.4. The third-order valence-electron chi connectivity index (χ3n) is 5.93. The highest BCUT2D eigenvalue weighted by Crippen LogP contribution is 2.44. The second-order valence-electron chi connectivity index (χ2n) is 7.90. The highest BCUT2D eigenvalue weighted by atomic mass is 32.2. The predicted molar refractivity (Wildman–Crippen MR) is 119 cm³/mol. The Bertz CT molecular complexity index is 1020. The van der Waals surface area contributed by atoms with E-state index in [9.17, 15) is 22.8 Å². The van der Waals surface area contributed by atoms with Crippen molar-refractivity contribution >= 4 is 29.7 Å². The largest absolute Gasteiger partial charge is 0.416 e. The lowest BCUT2D eigenvalue weighted by Gasteiger charge is -2.43. The van der Waals surface area contributed by atoms with Crippen molar-refractivity contribution < 1.29 is 22.8 Å². The molecule has 2 heterocycles. The highest BCUT2D eigenvalue weighted by Gasteiger charge is 2.46. The van der Waals surface area contributed by atoms with Crippen LogP contribution in [0.15, 0.2) is 60.7 Å². The van der Waals surface area contributed by atoms with Gasteiger partial charge in [0.05, 0.1) is 10.4 Å². The fourth-order valence-corrected chi connectivity index (χ4v) is 5.69. The molecule has 2 fully saturated rings. The SMILES string of the molecule is O=C(c1cccc(C(F)(F)F)c1)N1CCC2(CC1)SCCN2C(=O)/C=C/c1ccccc1. The maximum Gasteiger partial charge on any atom is 0.416 e. The van der Waals surface area contributed by atoms with E-state index in [1.807, 2.05) is 35.2 Å². The summed E-state index contributed by atoms with van der Waals surface area (Å²) in [4.78, 5) is 28.8. The van der Waals surface area contributed by atoms with E-state index >= 15 is 0 Å². The van der Waals surface area contributed by atoms with Crippen LogP contribution in [-0.4, -0.2) is 51.9 Å². The number of carbonyl (C=O) groups is 2. The standard InChI is InChI=1S/C24H23F3N2O2S/c25-24(26,27)20-8-4-7-19(17-20)22(31)28-13-11-23(12-14-28)29(15-16-32-23)21(30)10-9-18-5-2-1-3-6-18/h1-10,17H,11-16H2/b10-9+. The Morgan fingerprint density at radius 1 is 0.969 bits per heavy atom. The molecular weight excluding hydrogens is 437 g/mol. The fraction of sp³-hybridized carbons (Fsp3) is 0.333. The van der Waals surface area contributed by atoms with Crippen LogP contribution in [0.4, 0.5) is 13.2 Å².